The van der Waals surface area contributed by atoms with E-state index in [-0.39, 0.29) is 18.2 Å². The van der Waals surface area contributed by atoms with Crippen molar-refractivity contribution in [3.63, 3.8) is 0 Å². The number of rotatable bonds is 6. The minimum absolute atomic E-state index is 0.237. The van der Waals surface area contributed by atoms with E-state index < -0.39 is 5.60 Å². The van der Waals surface area contributed by atoms with Gasteiger partial charge in [-0.1, -0.05) is 13.8 Å². The Hall–Kier alpha value is -0.810. The standard InChI is InChI=1S/C16H32N2O3/c1-11(2)9-13(18-14-7-8-20-12(14)3)10-17-15(19)21-16(4,5)6/h11-14,18H,7-10H2,1-6H3,(H,17,19). The molecule has 0 radical (unpaired) electrons. The molecule has 1 aliphatic rings. The third-order valence-electron chi connectivity index (χ3n) is 3.47. The summed E-state index contributed by atoms with van der Waals surface area (Å²) in [6, 6.07) is 0.612. The molecule has 0 aliphatic carbocycles. The van der Waals surface area contributed by atoms with Crippen LogP contribution in [0.25, 0.3) is 0 Å². The zero-order chi connectivity index (χ0) is 16.0. The second-order valence-electron chi connectivity index (χ2n) is 7.35. The van der Waals surface area contributed by atoms with Gasteiger partial charge in [-0.15, -0.1) is 0 Å². The van der Waals surface area contributed by atoms with Gasteiger partial charge < -0.3 is 20.1 Å². The van der Waals surface area contributed by atoms with Gasteiger partial charge in [-0.25, -0.2) is 4.79 Å². The molecule has 124 valence electrons. The normalized spacial score (nSPS) is 24.1. The van der Waals surface area contributed by atoms with Gasteiger partial charge in [-0.3, -0.25) is 0 Å². The zero-order valence-electron chi connectivity index (χ0n) is 14.4. The van der Waals surface area contributed by atoms with E-state index in [1.807, 2.05) is 20.8 Å². The lowest BCUT2D eigenvalue weighted by atomic mass is 10.0. The Labute approximate surface area is 129 Å². The Bertz CT molecular complexity index is 326. The van der Waals surface area contributed by atoms with Crippen LogP contribution in [0.2, 0.25) is 0 Å². The lowest BCUT2D eigenvalue weighted by Crippen LogP contribution is -2.48. The van der Waals surface area contributed by atoms with Crippen molar-refractivity contribution in [2.45, 2.75) is 78.2 Å². The molecule has 0 bridgehead atoms. The summed E-state index contributed by atoms with van der Waals surface area (Å²) in [5, 5.41) is 6.49. The van der Waals surface area contributed by atoms with Crippen LogP contribution in [0.5, 0.6) is 0 Å². The first-order chi connectivity index (χ1) is 9.67. The highest BCUT2D eigenvalue weighted by atomic mass is 16.6. The predicted octanol–water partition coefficient (Wildman–Crippen LogP) is 2.69. The van der Waals surface area contributed by atoms with Crippen LogP contribution < -0.4 is 10.6 Å². The van der Waals surface area contributed by atoms with Crippen LogP contribution >= 0.6 is 0 Å². The van der Waals surface area contributed by atoms with Gasteiger partial charge in [0.25, 0.3) is 0 Å². The molecule has 1 saturated heterocycles. The predicted molar refractivity (Wildman–Crippen MR) is 84.4 cm³/mol. The molecule has 0 aromatic carbocycles. The van der Waals surface area contributed by atoms with Gasteiger partial charge in [-0.2, -0.15) is 0 Å². The van der Waals surface area contributed by atoms with Crippen molar-refractivity contribution < 1.29 is 14.3 Å². The summed E-state index contributed by atoms with van der Waals surface area (Å²) in [5.74, 6) is 0.570. The van der Waals surface area contributed by atoms with E-state index in [1.54, 1.807) is 0 Å². The molecule has 0 aromatic rings. The van der Waals surface area contributed by atoms with Gasteiger partial charge in [-0.05, 0) is 46.5 Å². The number of amides is 1. The molecule has 0 aromatic heterocycles. The molecule has 1 heterocycles. The maximum atomic E-state index is 11.8. The molecule has 5 nitrogen and oxygen atoms in total. The number of hydrogen-bond donors (Lipinski definition) is 2. The van der Waals surface area contributed by atoms with Gasteiger partial charge in [0.15, 0.2) is 0 Å². The largest absolute Gasteiger partial charge is 0.444 e. The van der Waals surface area contributed by atoms with Gasteiger partial charge >= 0.3 is 6.09 Å². The van der Waals surface area contributed by atoms with Crippen molar-refractivity contribution in [1.82, 2.24) is 10.6 Å². The van der Waals surface area contributed by atoms with E-state index in [0.29, 0.717) is 18.5 Å². The van der Waals surface area contributed by atoms with Gasteiger partial charge in [0, 0.05) is 25.2 Å². The molecular formula is C16H32N2O3. The fourth-order valence-corrected chi connectivity index (χ4v) is 2.55. The number of ether oxygens (including phenoxy) is 2. The topological polar surface area (TPSA) is 59.6 Å². The van der Waals surface area contributed by atoms with Crippen molar-refractivity contribution in [3.05, 3.63) is 0 Å². The number of carbonyl (C=O) groups excluding carboxylic acids is 1. The number of nitrogens with one attached hydrogen (secondary N) is 2. The summed E-state index contributed by atoms with van der Waals surface area (Å²) in [6.07, 6.45) is 1.93. The fourth-order valence-electron chi connectivity index (χ4n) is 2.55. The van der Waals surface area contributed by atoms with Gasteiger partial charge in [0.2, 0.25) is 0 Å². The van der Waals surface area contributed by atoms with Crippen LogP contribution in [0, 0.1) is 5.92 Å². The summed E-state index contributed by atoms with van der Waals surface area (Å²) < 4.78 is 10.9. The monoisotopic (exact) mass is 300 g/mol. The molecule has 5 heteroatoms. The Morgan fingerprint density at radius 3 is 2.52 bits per heavy atom. The van der Waals surface area contributed by atoms with E-state index >= 15 is 0 Å². The third-order valence-corrected chi connectivity index (χ3v) is 3.47. The smallest absolute Gasteiger partial charge is 0.407 e. The van der Waals surface area contributed by atoms with E-state index in [9.17, 15) is 4.79 Å². The van der Waals surface area contributed by atoms with Gasteiger partial charge in [0.1, 0.15) is 5.60 Å². The van der Waals surface area contributed by atoms with Crippen LogP contribution in [0.3, 0.4) is 0 Å². The van der Waals surface area contributed by atoms with Crippen LogP contribution in [0.1, 0.15) is 54.4 Å². The average molecular weight is 300 g/mol. The SMILES string of the molecule is CC(C)CC(CNC(=O)OC(C)(C)C)NC1CCOC1C. The summed E-state index contributed by atoms with van der Waals surface area (Å²) in [7, 11) is 0. The number of hydrogen-bond acceptors (Lipinski definition) is 4. The van der Waals surface area contributed by atoms with Crippen molar-refractivity contribution >= 4 is 6.09 Å². The summed E-state index contributed by atoms with van der Waals surface area (Å²) >= 11 is 0. The van der Waals surface area contributed by atoms with E-state index in [4.69, 9.17) is 9.47 Å². The molecule has 2 N–H and O–H groups in total. The molecule has 21 heavy (non-hydrogen) atoms. The van der Waals surface area contributed by atoms with Crippen LogP contribution in [0.15, 0.2) is 0 Å². The Balaban J connectivity index is 2.44. The van der Waals surface area contributed by atoms with Crippen LogP contribution in [-0.2, 0) is 9.47 Å². The Morgan fingerprint density at radius 2 is 2.05 bits per heavy atom. The average Bonchev–Trinajstić information content (AvgIpc) is 2.69. The summed E-state index contributed by atoms with van der Waals surface area (Å²) in [4.78, 5) is 11.8. The highest BCUT2D eigenvalue weighted by molar-refractivity contribution is 5.67. The molecular weight excluding hydrogens is 268 g/mol. The first kappa shape index (κ1) is 18.2. The lowest BCUT2D eigenvalue weighted by molar-refractivity contribution is 0.0518. The van der Waals surface area contributed by atoms with Gasteiger partial charge in [0.05, 0.1) is 6.10 Å². The first-order valence-electron chi connectivity index (χ1n) is 8.02. The zero-order valence-corrected chi connectivity index (χ0v) is 14.4. The van der Waals surface area contributed by atoms with Crippen molar-refractivity contribution in [2.75, 3.05) is 13.2 Å². The highest BCUT2D eigenvalue weighted by Gasteiger charge is 2.27. The maximum Gasteiger partial charge on any atom is 0.407 e. The summed E-state index contributed by atoms with van der Waals surface area (Å²) in [6.45, 7) is 13.5. The molecule has 3 atom stereocenters. The molecule has 1 rings (SSSR count). The fraction of sp³-hybridized carbons (Fsp3) is 0.938. The van der Waals surface area contributed by atoms with Crippen LogP contribution in [0.4, 0.5) is 4.79 Å². The van der Waals surface area contributed by atoms with E-state index in [0.717, 1.165) is 19.4 Å². The third kappa shape index (κ3) is 7.67. The Morgan fingerprint density at radius 1 is 1.38 bits per heavy atom. The first-order valence-corrected chi connectivity index (χ1v) is 8.02. The molecule has 0 saturated carbocycles. The van der Waals surface area contributed by atoms with E-state index in [1.165, 1.54) is 0 Å². The number of carbonyl (C=O) groups is 1. The second-order valence-corrected chi connectivity index (χ2v) is 7.35. The minimum Gasteiger partial charge on any atom is -0.444 e. The van der Waals surface area contributed by atoms with Crippen molar-refractivity contribution in [3.8, 4) is 0 Å². The molecule has 1 fully saturated rings. The number of alkyl carbamates (subject to hydrolysis) is 1. The lowest BCUT2D eigenvalue weighted by Gasteiger charge is -2.27. The molecule has 3 unspecified atom stereocenters. The molecule has 1 aliphatic heterocycles. The Kier molecular flexibility index (Phi) is 6.94. The van der Waals surface area contributed by atoms with Crippen molar-refractivity contribution in [1.29, 1.82) is 0 Å². The van der Waals surface area contributed by atoms with E-state index in [2.05, 4.69) is 31.4 Å². The maximum absolute atomic E-state index is 11.8. The second kappa shape index (κ2) is 7.99. The minimum atomic E-state index is -0.459. The van der Waals surface area contributed by atoms with Crippen LogP contribution in [-0.4, -0.2) is 43.0 Å². The molecule has 1 amide bonds. The highest BCUT2D eigenvalue weighted by Crippen LogP contribution is 2.15. The summed E-state index contributed by atoms with van der Waals surface area (Å²) in [5.41, 5.74) is -0.459. The quantitative estimate of drug-likeness (QED) is 0.792. The van der Waals surface area contributed by atoms with Crippen molar-refractivity contribution in [2.24, 2.45) is 5.92 Å². The molecule has 0 spiro atoms.